The highest BCUT2D eigenvalue weighted by Gasteiger charge is 2.28. The van der Waals surface area contributed by atoms with Gasteiger partial charge >= 0.3 is 0 Å². The van der Waals surface area contributed by atoms with Crippen molar-refractivity contribution in [3.05, 3.63) is 30.1 Å². The van der Waals surface area contributed by atoms with E-state index in [1.54, 1.807) is 0 Å². The van der Waals surface area contributed by atoms with Gasteiger partial charge < -0.3 is 9.88 Å². The molecule has 3 heterocycles. The van der Waals surface area contributed by atoms with Crippen LogP contribution in [0.5, 0.6) is 0 Å². The largest absolute Gasteiger partial charge is 0.343 e. The number of carbonyl (C=O) groups is 1. The van der Waals surface area contributed by atoms with Crippen molar-refractivity contribution in [1.29, 1.82) is 0 Å². The number of likely N-dealkylation sites (tertiary alicyclic amines) is 1. The monoisotopic (exact) mass is 311 g/mol. The molecular formula is C19H25N3O. The van der Waals surface area contributed by atoms with Crippen molar-refractivity contribution in [2.45, 2.75) is 50.9 Å². The van der Waals surface area contributed by atoms with Gasteiger partial charge in [-0.25, -0.2) is 4.98 Å². The molecule has 23 heavy (non-hydrogen) atoms. The third kappa shape index (κ3) is 3.12. The summed E-state index contributed by atoms with van der Waals surface area (Å²) < 4.78 is 0. The third-order valence-corrected chi connectivity index (χ3v) is 5.56. The lowest BCUT2D eigenvalue weighted by atomic mass is 9.93. The van der Waals surface area contributed by atoms with E-state index in [4.69, 9.17) is 0 Å². The molecule has 2 aliphatic rings. The summed E-state index contributed by atoms with van der Waals surface area (Å²) in [5.41, 5.74) is 2.19. The first-order valence-corrected chi connectivity index (χ1v) is 9.01. The third-order valence-electron chi connectivity index (χ3n) is 5.56. The highest BCUT2D eigenvalue weighted by atomic mass is 16.2. The van der Waals surface area contributed by atoms with Gasteiger partial charge in [0, 0.05) is 42.7 Å². The van der Waals surface area contributed by atoms with Gasteiger partial charge in [0.05, 0.1) is 0 Å². The Morgan fingerprint density at radius 2 is 2.13 bits per heavy atom. The van der Waals surface area contributed by atoms with Crippen LogP contribution in [0, 0.1) is 5.92 Å². The molecule has 2 fully saturated rings. The minimum absolute atomic E-state index is 0.371. The zero-order valence-corrected chi connectivity index (χ0v) is 13.6. The standard InChI is InChI=1S/C19H25N3O/c23-18(11-14-5-1-2-6-14)22-10-4-8-16(13-22)17-12-15-7-3-9-20-19(15)21-17/h3,7,9,12,14,16H,1-2,4-6,8,10-11,13H2,(H,20,21)/t16-/m1/s1. The molecular weight excluding hydrogens is 286 g/mol. The molecule has 1 amide bonds. The van der Waals surface area contributed by atoms with Crippen LogP contribution in [0.2, 0.25) is 0 Å². The van der Waals surface area contributed by atoms with Crippen molar-refractivity contribution in [1.82, 2.24) is 14.9 Å². The molecule has 122 valence electrons. The number of hydrogen-bond acceptors (Lipinski definition) is 2. The fourth-order valence-electron chi connectivity index (χ4n) is 4.25. The zero-order chi connectivity index (χ0) is 15.6. The summed E-state index contributed by atoms with van der Waals surface area (Å²) in [5, 5.41) is 1.16. The summed E-state index contributed by atoms with van der Waals surface area (Å²) in [6, 6.07) is 6.27. The Labute approximate surface area is 137 Å². The smallest absolute Gasteiger partial charge is 0.222 e. The second kappa shape index (κ2) is 6.34. The Kier molecular flexibility index (Phi) is 4.06. The first kappa shape index (κ1) is 14.7. The van der Waals surface area contributed by atoms with E-state index in [2.05, 4.69) is 27.0 Å². The SMILES string of the molecule is O=C(CC1CCCC1)N1CCC[C@@H](c2cc3cccnc3[nH]2)C1. The molecule has 2 aromatic heterocycles. The summed E-state index contributed by atoms with van der Waals surface area (Å²) in [5.74, 6) is 1.43. The first-order valence-electron chi connectivity index (χ1n) is 9.01. The van der Waals surface area contributed by atoms with Gasteiger partial charge in [-0.2, -0.15) is 0 Å². The van der Waals surface area contributed by atoms with Gasteiger partial charge in [-0.15, -0.1) is 0 Å². The Balaban J connectivity index is 1.44. The highest BCUT2D eigenvalue weighted by Crippen LogP contribution is 2.31. The second-order valence-corrected chi connectivity index (χ2v) is 7.20. The Morgan fingerprint density at radius 3 is 2.96 bits per heavy atom. The van der Waals surface area contributed by atoms with Gasteiger partial charge in [-0.1, -0.05) is 12.8 Å². The van der Waals surface area contributed by atoms with Crippen molar-refractivity contribution in [2.24, 2.45) is 5.92 Å². The summed E-state index contributed by atoms with van der Waals surface area (Å²) in [6.07, 6.45) is 9.95. The number of nitrogens with zero attached hydrogens (tertiary/aromatic N) is 2. The first-order chi connectivity index (χ1) is 11.3. The van der Waals surface area contributed by atoms with Crippen LogP contribution in [-0.2, 0) is 4.79 Å². The fraction of sp³-hybridized carbons (Fsp3) is 0.579. The van der Waals surface area contributed by atoms with Crippen molar-refractivity contribution in [2.75, 3.05) is 13.1 Å². The number of carbonyl (C=O) groups excluding carboxylic acids is 1. The van der Waals surface area contributed by atoms with E-state index in [9.17, 15) is 4.79 Å². The van der Waals surface area contributed by atoms with Gasteiger partial charge in [0.15, 0.2) is 0 Å². The molecule has 2 aromatic rings. The van der Waals surface area contributed by atoms with E-state index in [1.807, 2.05) is 12.3 Å². The molecule has 1 saturated carbocycles. The van der Waals surface area contributed by atoms with Crippen LogP contribution < -0.4 is 0 Å². The molecule has 1 saturated heterocycles. The lowest BCUT2D eigenvalue weighted by molar-refractivity contribution is -0.133. The van der Waals surface area contributed by atoms with Gasteiger partial charge in [-0.3, -0.25) is 4.79 Å². The molecule has 0 bridgehead atoms. The number of hydrogen-bond donors (Lipinski definition) is 1. The molecule has 1 aliphatic heterocycles. The van der Waals surface area contributed by atoms with Gasteiger partial charge in [0.2, 0.25) is 5.91 Å². The van der Waals surface area contributed by atoms with Crippen LogP contribution in [-0.4, -0.2) is 33.9 Å². The Morgan fingerprint density at radius 1 is 1.26 bits per heavy atom. The quantitative estimate of drug-likeness (QED) is 0.936. The predicted octanol–water partition coefficient (Wildman–Crippen LogP) is 3.85. The summed E-state index contributed by atoms with van der Waals surface area (Å²) in [7, 11) is 0. The number of aromatic amines is 1. The number of piperidine rings is 1. The van der Waals surface area contributed by atoms with Crippen LogP contribution in [0.15, 0.2) is 24.4 Å². The second-order valence-electron chi connectivity index (χ2n) is 7.20. The van der Waals surface area contributed by atoms with E-state index >= 15 is 0 Å². The minimum Gasteiger partial charge on any atom is -0.343 e. The molecule has 4 nitrogen and oxygen atoms in total. The minimum atomic E-state index is 0.371. The normalized spacial score (nSPS) is 22.8. The fourth-order valence-corrected chi connectivity index (χ4v) is 4.25. The Hall–Kier alpha value is -1.84. The number of aromatic nitrogens is 2. The summed E-state index contributed by atoms with van der Waals surface area (Å²) in [6.45, 7) is 1.79. The number of amides is 1. The van der Waals surface area contributed by atoms with Crippen molar-refractivity contribution in [3.63, 3.8) is 0 Å². The van der Waals surface area contributed by atoms with E-state index in [0.717, 1.165) is 43.4 Å². The average Bonchev–Trinajstić information content (AvgIpc) is 3.24. The number of fused-ring (bicyclic) bond motifs is 1. The van der Waals surface area contributed by atoms with Crippen molar-refractivity contribution < 1.29 is 4.79 Å². The molecule has 4 heteroatoms. The van der Waals surface area contributed by atoms with Gasteiger partial charge in [0.25, 0.3) is 0 Å². The van der Waals surface area contributed by atoms with Crippen LogP contribution >= 0.6 is 0 Å². The van der Waals surface area contributed by atoms with Crippen molar-refractivity contribution >= 4 is 16.9 Å². The highest BCUT2D eigenvalue weighted by molar-refractivity contribution is 5.77. The van der Waals surface area contributed by atoms with Crippen LogP contribution in [0.4, 0.5) is 0 Å². The number of pyridine rings is 1. The zero-order valence-electron chi connectivity index (χ0n) is 13.6. The number of H-pyrrole nitrogens is 1. The topological polar surface area (TPSA) is 49.0 Å². The number of nitrogens with one attached hydrogen (secondary N) is 1. The van der Waals surface area contributed by atoms with Gasteiger partial charge in [-0.05, 0) is 49.8 Å². The maximum atomic E-state index is 12.6. The maximum Gasteiger partial charge on any atom is 0.222 e. The van der Waals surface area contributed by atoms with Crippen molar-refractivity contribution in [3.8, 4) is 0 Å². The average molecular weight is 311 g/mol. The molecule has 0 unspecified atom stereocenters. The summed E-state index contributed by atoms with van der Waals surface area (Å²) >= 11 is 0. The van der Waals surface area contributed by atoms with Crippen LogP contribution in [0.3, 0.4) is 0 Å². The molecule has 0 radical (unpaired) electrons. The predicted molar refractivity (Wildman–Crippen MR) is 91.2 cm³/mol. The lowest BCUT2D eigenvalue weighted by Crippen LogP contribution is -2.39. The molecule has 1 atom stereocenters. The molecule has 0 aromatic carbocycles. The van der Waals surface area contributed by atoms with E-state index < -0.39 is 0 Å². The molecule has 4 rings (SSSR count). The van der Waals surface area contributed by atoms with E-state index in [1.165, 1.54) is 31.4 Å². The molecule has 1 N–H and O–H groups in total. The van der Waals surface area contributed by atoms with E-state index in [-0.39, 0.29) is 0 Å². The summed E-state index contributed by atoms with van der Waals surface area (Å²) in [4.78, 5) is 22.5. The van der Waals surface area contributed by atoms with Gasteiger partial charge in [0.1, 0.15) is 5.65 Å². The maximum absolute atomic E-state index is 12.6. The lowest BCUT2D eigenvalue weighted by Gasteiger charge is -2.33. The van der Waals surface area contributed by atoms with Crippen LogP contribution in [0.1, 0.15) is 56.6 Å². The number of rotatable bonds is 3. The molecule has 0 spiro atoms. The van der Waals surface area contributed by atoms with E-state index in [0.29, 0.717) is 17.7 Å². The molecule has 1 aliphatic carbocycles. The van der Waals surface area contributed by atoms with Crippen LogP contribution in [0.25, 0.3) is 11.0 Å². The Bertz CT molecular complexity index is 654.